The van der Waals surface area contributed by atoms with Crippen LogP contribution in [0.4, 0.5) is 4.39 Å². The van der Waals surface area contributed by atoms with Gasteiger partial charge in [0.15, 0.2) is 0 Å². The number of benzene rings is 1. The zero-order valence-electron chi connectivity index (χ0n) is 16.3. The lowest BCUT2D eigenvalue weighted by Crippen LogP contribution is -2.50. The van der Waals surface area contributed by atoms with Crippen molar-refractivity contribution in [2.45, 2.75) is 69.6 Å². The summed E-state index contributed by atoms with van der Waals surface area (Å²) in [5.41, 5.74) is 1.09. The third-order valence-corrected chi connectivity index (χ3v) is 9.53. The molecule has 3 heterocycles. The van der Waals surface area contributed by atoms with Crippen molar-refractivity contribution in [1.29, 1.82) is 0 Å². The molecule has 1 aromatic carbocycles. The van der Waals surface area contributed by atoms with Gasteiger partial charge in [0, 0.05) is 37.8 Å². The van der Waals surface area contributed by atoms with E-state index in [0.717, 1.165) is 50.6 Å². The number of piperidine rings is 1. The average Bonchev–Trinajstić information content (AvgIpc) is 3.32. The molecule has 4 fully saturated rings. The van der Waals surface area contributed by atoms with E-state index >= 15 is 0 Å². The van der Waals surface area contributed by atoms with Gasteiger partial charge in [-0.15, -0.1) is 0 Å². The Balaban J connectivity index is 1.17. The van der Waals surface area contributed by atoms with Crippen LogP contribution in [0.2, 0.25) is 0 Å². The maximum absolute atomic E-state index is 13.3. The normalized spacial score (nSPS) is 36.1. The van der Waals surface area contributed by atoms with Crippen molar-refractivity contribution in [2.75, 3.05) is 13.1 Å². The highest BCUT2D eigenvalue weighted by molar-refractivity contribution is 7.86. The molecule has 1 aliphatic carbocycles. The second kappa shape index (κ2) is 7.35. The molecule has 0 amide bonds. The van der Waals surface area contributed by atoms with Crippen LogP contribution in [0, 0.1) is 17.7 Å². The minimum atomic E-state index is -3.31. The van der Waals surface area contributed by atoms with Gasteiger partial charge in [0.25, 0.3) is 10.2 Å². The lowest BCUT2D eigenvalue weighted by Gasteiger charge is -2.36. The summed E-state index contributed by atoms with van der Waals surface area (Å²) in [4.78, 5) is 0. The summed E-state index contributed by atoms with van der Waals surface area (Å²) in [7, 11) is -3.31. The lowest BCUT2D eigenvalue weighted by molar-refractivity contribution is 0.229. The Bertz CT molecular complexity index is 785. The monoisotopic (exact) mass is 407 g/mol. The van der Waals surface area contributed by atoms with Crippen molar-refractivity contribution in [3.8, 4) is 0 Å². The molecule has 1 aromatic rings. The van der Waals surface area contributed by atoms with E-state index < -0.39 is 10.2 Å². The van der Waals surface area contributed by atoms with E-state index in [1.807, 2.05) is 16.4 Å². The van der Waals surface area contributed by atoms with E-state index in [9.17, 15) is 12.8 Å². The van der Waals surface area contributed by atoms with E-state index in [1.54, 1.807) is 4.31 Å². The maximum atomic E-state index is 13.3. The summed E-state index contributed by atoms with van der Waals surface area (Å²) in [6.45, 7) is 2.10. The largest absolute Gasteiger partial charge is 0.310 e. The molecule has 3 saturated heterocycles. The predicted octanol–water partition coefficient (Wildman–Crippen LogP) is 2.89. The van der Waals surface area contributed by atoms with Gasteiger partial charge in [-0.3, -0.25) is 0 Å². The molecule has 0 aromatic heterocycles. The van der Waals surface area contributed by atoms with Crippen molar-refractivity contribution in [1.82, 2.24) is 13.9 Å². The van der Waals surface area contributed by atoms with E-state index in [1.165, 1.54) is 18.6 Å². The highest BCUT2D eigenvalue weighted by Gasteiger charge is 2.50. The fourth-order valence-corrected chi connectivity index (χ4v) is 8.26. The Morgan fingerprint density at radius 1 is 0.964 bits per heavy atom. The number of hydrogen-bond acceptors (Lipinski definition) is 3. The predicted molar refractivity (Wildman–Crippen MR) is 106 cm³/mol. The van der Waals surface area contributed by atoms with Gasteiger partial charge in [0.2, 0.25) is 0 Å². The van der Waals surface area contributed by atoms with Gasteiger partial charge in [0.1, 0.15) is 5.82 Å². The van der Waals surface area contributed by atoms with Gasteiger partial charge in [-0.2, -0.15) is 17.0 Å². The van der Waals surface area contributed by atoms with Crippen molar-refractivity contribution >= 4 is 10.2 Å². The molecular weight excluding hydrogens is 377 g/mol. The van der Waals surface area contributed by atoms with Gasteiger partial charge >= 0.3 is 0 Å². The van der Waals surface area contributed by atoms with E-state index in [0.29, 0.717) is 31.0 Å². The molecular formula is C21H30FN3O2S. The van der Waals surface area contributed by atoms with Gasteiger partial charge in [-0.05, 0) is 68.1 Å². The maximum Gasteiger partial charge on any atom is 0.282 e. The molecule has 28 heavy (non-hydrogen) atoms. The first-order valence-corrected chi connectivity index (χ1v) is 12.2. The van der Waals surface area contributed by atoms with Crippen LogP contribution < -0.4 is 5.32 Å². The van der Waals surface area contributed by atoms with Crippen molar-refractivity contribution in [3.63, 3.8) is 0 Å². The molecule has 2 bridgehead atoms. The second-order valence-corrected chi connectivity index (χ2v) is 11.0. The molecule has 4 aliphatic rings. The van der Waals surface area contributed by atoms with Crippen LogP contribution in [0.15, 0.2) is 24.3 Å². The number of fused-ring (bicyclic) bond motifs is 3. The minimum Gasteiger partial charge on any atom is -0.310 e. The number of rotatable bonds is 5. The second-order valence-electron chi connectivity index (χ2n) is 9.17. The fraction of sp³-hybridized carbons (Fsp3) is 0.714. The lowest BCUT2D eigenvalue weighted by atomic mass is 10.0. The van der Waals surface area contributed by atoms with Crippen molar-refractivity contribution < 1.29 is 12.8 Å². The Kier molecular flexibility index (Phi) is 4.98. The van der Waals surface area contributed by atoms with E-state index in [4.69, 9.17) is 0 Å². The highest BCUT2D eigenvalue weighted by Crippen LogP contribution is 2.43. The number of nitrogens with one attached hydrogen (secondary N) is 1. The summed E-state index contributed by atoms with van der Waals surface area (Å²) in [5.74, 6) is 0.716. The van der Waals surface area contributed by atoms with Crippen LogP contribution in [-0.4, -0.2) is 48.2 Å². The third-order valence-electron chi connectivity index (χ3n) is 7.45. The zero-order chi connectivity index (χ0) is 19.3. The van der Waals surface area contributed by atoms with Gasteiger partial charge in [-0.25, -0.2) is 4.39 Å². The number of hydrogen-bond donors (Lipinski definition) is 1. The van der Waals surface area contributed by atoms with Crippen molar-refractivity contribution in [3.05, 3.63) is 35.6 Å². The van der Waals surface area contributed by atoms with Crippen LogP contribution >= 0.6 is 0 Å². The van der Waals surface area contributed by atoms with Gasteiger partial charge in [0.05, 0.1) is 0 Å². The van der Waals surface area contributed by atoms with E-state index in [-0.39, 0.29) is 17.9 Å². The number of halogens is 1. The van der Waals surface area contributed by atoms with Crippen molar-refractivity contribution in [2.24, 2.45) is 11.8 Å². The summed E-state index contributed by atoms with van der Waals surface area (Å²) in [5, 5.41) is 3.59. The summed E-state index contributed by atoms with van der Waals surface area (Å²) >= 11 is 0. The Hall–Kier alpha value is -1.02. The van der Waals surface area contributed by atoms with Crippen LogP contribution in [0.5, 0.6) is 0 Å². The highest BCUT2D eigenvalue weighted by atomic mass is 32.2. The van der Waals surface area contributed by atoms with Crippen LogP contribution in [-0.2, 0) is 16.8 Å². The van der Waals surface area contributed by atoms with Gasteiger partial charge < -0.3 is 5.32 Å². The summed E-state index contributed by atoms with van der Waals surface area (Å²) in [6.07, 6.45) is 7.39. The summed E-state index contributed by atoms with van der Waals surface area (Å²) in [6, 6.07) is 7.55. The molecule has 5 atom stereocenters. The molecule has 0 radical (unpaired) electrons. The van der Waals surface area contributed by atoms with Gasteiger partial charge in [-0.1, -0.05) is 18.6 Å². The molecule has 1 N–H and O–H groups in total. The Morgan fingerprint density at radius 3 is 2.18 bits per heavy atom. The standard InChI is InChI=1S/C21H30FN3O2S/c22-18-6-4-15(5-7-18)12-23-19-10-16-13-24(14-17(16)11-19)28(26,27)25-20-2-1-3-21(25)9-8-20/h4-7,16-17,19-21,23H,1-3,8-14H2/t16-,17+,19?,20-,21+. The molecule has 1 saturated carbocycles. The SMILES string of the molecule is O=S(=O)(N1C[C@H]2CC(NCc3ccc(F)cc3)C[C@H]2C1)N1[C@@H]2CCC[C@H]1CC2. The quantitative estimate of drug-likeness (QED) is 0.817. The van der Waals surface area contributed by atoms with E-state index in [2.05, 4.69) is 5.32 Å². The van der Waals surface area contributed by atoms with Crippen LogP contribution in [0.1, 0.15) is 50.5 Å². The minimum absolute atomic E-state index is 0.206. The fourth-order valence-electron chi connectivity index (χ4n) is 6.06. The average molecular weight is 408 g/mol. The first-order valence-electron chi connectivity index (χ1n) is 10.8. The molecule has 5 nitrogen and oxygen atoms in total. The number of nitrogens with zero attached hydrogens (tertiary/aromatic N) is 2. The molecule has 154 valence electrons. The molecule has 1 unspecified atom stereocenters. The Morgan fingerprint density at radius 2 is 1.57 bits per heavy atom. The topological polar surface area (TPSA) is 52.7 Å². The summed E-state index contributed by atoms with van der Waals surface area (Å²) < 4.78 is 43.3. The molecule has 5 rings (SSSR count). The smallest absolute Gasteiger partial charge is 0.282 e. The van der Waals surface area contributed by atoms with Crippen LogP contribution in [0.25, 0.3) is 0 Å². The zero-order valence-corrected chi connectivity index (χ0v) is 17.1. The van der Waals surface area contributed by atoms with Crippen LogP contribution in [0.3, 0.4) is 0 Å². The molecule has 7 heteroatoms. The first-order chi connectivity index (χ1) is 13.5. The Labute approximate surface area is 167 Å². The first kappa shape index (κ1) is 19.0. The molecule has 3 aliphatic heterocycles. The third kappa shape index (κ3) is 3.40. The molecule has 0 spiro atoms.